The Labute approximate surface area is 168 Å². The summed E-state index contributed by atoms with van der Waals surface area (Å²) in [4.78, 5) is 16.7. The van der Waals surface area contributed by atoms with E-state index in [1.807, 2.05) is 0 Å². The normalized spacial score (nSPS) is 12.2. The molecule has 3 aromatic rings. The number of carbonyl (C=O) groups is 1. The summed E-state index contributed by atoms with van der Waals surface area (Å²) < 4.78 is 16.1. The van der Waals surface area contributed by atoms with Gasteiger partial charge >= 0.3 is 0 Å². The lowest BCUT2D eigenvalue weighted by molar-refractivity contribution is -0.122. The summed E-state index contributed by atoms with van der Waals surface area (Å²) in [5, 5.41) is 21.3. The van der Waals surface area contributed by atoms with E-state index in [0.717, 1.165) is 0 Å². The van der Waals surface area contributed by atoms with Crippen molar-refractivity contribution in [3.8, 4) is 12.1 Å². The quantitative estimate of drug-likeness (QED) is 0.719. The highest BCUT2D eigenvalue weighted by Gasteiger charge is 2.24. The first kappa shape index (κ1) is 20.0. The topological polar surface area (TPSA) is 94.5 Å². The third-order valence-corrected chi connectivity index (χ3v) is 4.90. The van der Waals surface area contributed by atoms with E-state index in [1.165, 1.54) is 12.4 Å². The number of hydrogen-bond donors (Lipinski definition) is 1. The van der Waals surface area contributed by atoms with Crippen LogP contribution < -0.4 is 5.32 Å². The van der Waals surface area contributed by atoms with Crippen LogP contribution in [0, 0.1) is 28.5 Å². The first-order valence-electron chi connectivity index (χ1n) is 9.11. The van der Waals surface area contributed by atoms with Gasteiger partial charge in [-0.25, -0.2) is 9.37 Å². The summed E-state index contributed by atoms with van der Waals surface area (Å²) in [6.45, 7) is 5.05. The molecule has 1 aromatic heterocycles. The molecule has 1 atom stereocenters. The zero-order valence-corrected chi connectivity index (χ0v) is 16.4. The first-order chi connectivity index (χ1) is 13.8. The molecule has 1 amide bonds. The monoisotopic (exact) mass is 389 g/mol. The number of fused-ring (bicyclic) bond motifs is 1. The van der Waals surface area contributed by atoms with Crippen molar-refractivity contribution in [2.75, 3.05) is 0 Å². The van der Waals surface area contributed by atoms with Crippen molar-refractivity contribution in [1.82, 2.24) is 14.9 Å². The fourth-order valence-corrected chi connectivity index (χ4v) is 3.23. The van der Waals surface area contributed by atoms with Crippen molar-refractivity contribution in [2.45, 2.75) is 38.8 Å². The molecule has 0 bridgehead atoms. The Hall–Kier alpha value is -3.71. The molecule has 0 aliphatic heterocycles. The van der Waals surface area contributed by atoms with Crippen molar-refractivity contribution in [2.24, 2.45) is 0 Å². The van der Waals surface area contributed by atoms with E-state index >= 15 is 0 Å². The molecule has 1 heterocycles. The molecular formula is C22H20FN5O. The Morgan fingerprint density at radius 1 is 1.31 bits per heavy atom. The molecule has 2 aromatic carbocycles. The summed E-state index contributed by atoms with van der Waals surface area (Å²) in [6, 6.07) is 13.6. The summed E-state index contributed by atoms with van der Waals surface area (Å²) in [5.41, 5.74) is 1.67. The number of rotatable bonds is 5. The van der Waals surface area contributed by atoms with Crippen molar-refractivity contribution < 1.29 is 9.18 Å². The highest BCUT2D eigenvalue weighted by Crippen LogP contribution is 2.27. The number of imidazole rings is 1. The maximum absolute atomic E-state index is 14.5. The number of carbonyl (C=O) groups excluding carboxylic acids is 1. The number of nitriles is 2. The van der Waals surface area contributed by atoms with Crippen LogP contribution >= 0.6 is 0 Å². The second-order valence-corrected chi connectivity index (χ2v) is 7.42. The molecule has 0 radical (unpaired) electrons. The first-order valence-corrected chi connectivity index (χ1v) is 9.11. The predicted octanol–water partition coefficient (Wildman–Crippen LogP) is 3.73. The number of para-hydroxylation sites is 1. The summed E-state index contributed by atoms with van der Waals surface area (Å²) in [5.74, 6) is -0.763. The lowest BCUT2D eigenvalue weighted by Crippen LogP contribution is -2.30. The van der Waals surface area contributed by atoms with Crippen LogP contribution in [0.1, 0.15) is 43.5 Å². The van der Waals surface area contributed by atoms with Crippen LogP contribution in [0.3, 0.4) is 0 Å². The predicted molar refractivity (Wildman–Crippen MR) is 106 cm³/mol. The minimum atomic E-state index is -0.934. The van der Waals surface area contributed by atoms with Gasteiger partial charge in [0.1, 0.15) is 18.4 Å². The number of halogens is 1. The molecule has 1 N–H and O–H groups in total. The minimum Gasteiger partial charge on any atom is -0.348 e. The molecule has 146 valence electrons. The summed E-state index contributed by atoms with van der Waals surface area (Å²) in [6.07, 6.45) is 1.52. The average Bonchev–Trinajstić information content (AvgIpc) is 3.10. The van der Waals surface area contributed by atoms with Crippen LogP contribution in [-0.2, 0) is 16.8 Å². The van der Waals surface area contributed by atoms with Gasteiger partial charge in [-0.05, 0) is 44.5 Å². The second-order valence-electron chi connectivity index (χ2n) is 7.42. The van der Waals surface area contributed by atoms with E-state index in [0.29, 0.717) is 27.7 Å². The lowest BCUT2D eigenvalue weighted by atomic mass is 9.85. The van der Waals surface area contributed by atoms with Crippen molar-refractivity contribution in [3.63, 3.8) is 0 Å². The Morgan fingerprint density at radius 2 is 2.07 bits per heavy atom. The number of hydrogen-bond acceptors (Lipinski definition) is 4. The van der Waals surface area contributed by atoms with Gasteiger partial charge in [0.2, 0.25) is 5.91 Å². The molecule has 7 heteroatoms. The molecule has 29 heavy (non-hydrogen) atoms. The third-order valence-electron chi connectivity index (χ3n) is 4.90. The fraction of sp³-hybridized carbons (Fsp3) is 0.273. The summed E-state index contributed by atoms with van der Waals surface area (Å²) >= 11 is 0. The molecule has 0 spiro atoms. The van der Waals surface area contributed by atoms with Gasteiger partial charge in [-0.15, -0.1) is 0 Å². The van der Waals surface area contributed by atoms with E-state index in [2.05, 4.69) is 22.4 Å². The molecule has 0 aliphatic rings. The molecular weight excluding hydrogens is 369 g/mol. The smallest absolute Gasteiger partial charge is 0.240 e. The maximum Gasteiger partial charge on any atom is 0.240 e. The SMILES string of the molecule is CC(NC(=O)Cn1cnc2cccc(C#N)c21)c1ccc(C(C)(C)C#N)c(F)c1. The molecule has 0 aliphatic carbocycles. The number of nitrogens with zero attached hydrogens (tertiary/aromatic N) is 4. The third kappa shape index (κ3) is 3.95. The van der Waals surface area contributed by atoms with E-state index in [-0.39, 0.29) is 12.5 Å². The van der Waals surface area contributed by atoms with E-state index < -0.39 is 17.3 Å². The van der Waals surface area contributed by atoms with E-state index in [1.54, 1.807) is 55.7 Å². The Balaban J connectivity index is 1.76. The van der Waals surface area contributed by atoms with E-state index in [4.69, 9.17) is 0 Å². The standard InChI is InChI=1S/C22H20FN5O/c1-14(15-7-8-17(18(23)9-15)22(2,3)12-25)27-20(29)11-28-13-26-19-6-4-5-16(10-24)21(19)28/h4-9,13-14H,11H2,1-3H3,(H,27,29). The lowest BCUT2D eigenvalue weighted by Gasteiger charge is -2.20. The van der Waals surface area contributed by atoms with Crippen LogP contribution in [0.2, 0.25) is 0 Å². The highest BCUT2D eigenvalue weighted by atomic mass is 19.1. The zero-order chi connectivity index (χ0) is 21.2. The maximum atomic E-state index is 14.5. The van der Waals surface area contributed by atoms with Gasteiger partial charge in [0.05, 0.1) is 40.5 Å². The van der Waals surface area contributed by atoms with Crippen LogP contribution in [-0.4, -0.2) is 15.5 Å². The van der Waals surface area contributed by atoms with Gasteiger partial charge in [0.25, 0.3) is 0 Å². The molecule has 0 saturated heterocycles. The minimum absolute atomic E-state index is 0.0123. The second kappa shape index (κ2) is 7.73. The Morgan fingerprint density at radius 3 is 2.72 bits per heavy atom. The number of benzene rings is 2. The van der Waals surface area contributed by atoms with Crippen LogP contribution in [0.25, 0.3) is 11.0 Å². The number of nitrogens with one attached hydrogen (secondary N) is 1. The van der Waals surface area contributed by atoms with Gasteiger partial charge < -0.3 is 9.88 Å². The van der Waals surface area contributed by atoms with E-state index in [9.17, 15) is 19.7 Å². The zero-order valence-electron chi connectivity index (χ0n) is 16.4. The average molecular weight is 389 g/mol. The molecule has 6 nitrogen and oxygen atoms in total. The van der Waals surface area contributed by atoms with Crippen molar-refractivity contribution in [3.05, 3.63) is 65.2 Å². The van der Waals surface area contributed by atoms with Crippen molar-refractivity contribution >= 4 is 16.9 Å². The van der Waals surface area contributed by atoms with Crippen LogP contribution in [0.15, 0.2) is 42.7 Å². The van der Waals surface area contributed by atoms with Gasteiger partial charge in [-0.1, -0.05) is 18.2 Å². The van der Waals surface area contributed by atoms with Gasteiger partial charge in [-0.3, -0.25) is 4.79 Å². The van der Waals surface area contributed by atoms with Gasteiger partial charge in [0.15, 0.2) is 0 Å². The number of aromatic nitrogens is 2. The van der Waals surface area contributed by atoms with Gasteiger partial charge in [0, 0.05) is 5.56 Å². The number of amides is 1. The molecule has 0 fully saturated rings. The van der Waals surface area contributed by atoms with Crippen LogP contribution in [0.4, 0.5) is 4.39 Å². The van der Waals surface area contributed by atoms with Crippen LogP contribution in [0.5, 0.6) is 0 Å². The highest BCUT2D eigenvalue weighted by molar-refractivity contribution is 5.84. The fourth-order valence-electron chi connectivity index (χ4n) is 3.23. The van der Waals surface area contributed by atoms with Crippen molar-refractivity contribution in [1.29, 1.82) is 10.5 Å². The molecule has 3 rings (SSSR count). The largest absolute Gasteiger partial charge is 0.348 e. The Kier molecular flexibility index (Phi) is 5.34. The van der Waals surface area contributed by atoms with Gasteiger partial charge in [-0.2, -0.15) is 10.5 Å². The Bertz CT molecular complexity index is 1170. The molecule has 1 unspecified atom stereocenters. The summed E-state index contributed by atoms with van der Waals surface area (Å²) in [7, 11) is 0. The molecule has 0 saturated carbocycles.